The number of para-hydroxylation sites is 2. The molecule has 0 atom stereocenters. The lowest BCUT2D eigenvalue weighted by atomic mass is 9.99. The Morgan fingerprint density at radius 3 is 1.83 bits per heavy atom. The van der Waals surface area contributed by atoms with Gasteiger partial charge >= 0.3 is 0 Å². The normalized spacial score (nSPS) is 11.2. The topological polar surface area (TPSA) is 29.0 Å². The van der Waals surface area contributed by atoms with Gasteiger partial charge in [-0.25, -0.2) is 0 Å². The molecule has 0 aliphatic heterocycles. The first-order chi connectivity index (χ1) is 23.3. The van der Waals surface area contributed by atoms with E-state index in [0.717, 1.165) is 30.2 Å². The summed E-state index contributed by atoms with van der Waals surface area (Å²) in [6, 6.07) is 62.8. The maximum Gasteiger partial charge on any atom is 0.0562 e. The lowest BCUT2D eigenvalue weighted by Crippen LogP contribution is -2.12. The summed E-state index contributed by atoms with van der Waals surface area (Å²) in [6.07, 6.45) is 0. The molecule has 226 valence electrons. The summed E-state index contributed by atoms with van der Waals surface area (Å²) in [6.45, 7) is 1.69. The molecule has 0 fully saturated rings. The van der Waals surface area contributed by atoms with Gasteiger partial charge in [0, 0.05) is 46.5 Å². The highest BCUT2D eigenvalue weighted by Crippen LogP contribution is 2.40. The molecule has 0 bridgehead atoms. The van der Waals surface area contributed by atoms with E-state index in [0.29, 0.717) is 0 Å². The Kier molecular flexibility index (Phi) is 7.80. The second-order valence-corrected chi connectivity index (χ2v) is 12.0. The van der Waals surface area contributed by atoms with Crippen molar-refractivity contribution in [2.45, 2.75) is 13.1 Å². The fourth-order valence-corrected chi connectivity index (χ4v) is 6.52. The van der Waals surface area contributed by atoms with Crippen LogP contribution in [0.5, 0.6) is 0 Å². The van der Waals surface area contributed by atoms with Gasteiger partial charge in [-0.15, -0.1) is 0 Å². The van der Waals surface area contributed by atoms with Crippen LogP contribution in [-0.4, -0.2) is 4.57 Å². The van der Waals surface area contributed by atoms with E-state index in [4.69, 9.17) is 0 Å². The maximum absolute atomic E-state index is 3.83. The number of hydrogen-bond donors (Lipinski definition) is 2. The first-order valence-corrected chi connectivity index (χ1v) is 16.2. The molecule has 8 rings (SSSR count). The van der Waals surface area contributed by atoms with Gasteiger partial charge in [0.25, 0.3) is 0 Å². The molecule has 2 N–H and O–H groups in total. The molecule has 47 heavy (non-hydrogen) atoms. The van der Waals surface area contributed by atoms with Crippen LogP contribution in [-0.2, 0) is 13.1 Å². The Hall–Kier alpha value is -5.90. The molecule has 3 heteroatoms. The highest BCUT2D eigenvalue weighted by atomic mass is 15.0. The van der Waals surface area contributed by atoms with Crippen LogP contribution in [0, 0.1) is 0 Å². The van der Waals surface area contributed by atoms with Crippen LogP contribution in [0.3, 0.4) is 0 Å². The third-order valence-corrected chi connectivity index (χ3v) is 8.84. The molecule has 0 radical (unpaired) electrons. The standard InChI is InChI=1S/C44H35N3/c1-4-13-32(14-5-1)30-45-31-33-23-25-34(26-24-33)36-17-12-18-37(27-36)46-42-29-44-41(28-40(42)35-15-6-2-7-16-35)39-21-10-11-22-43(39)47(44)38-19-8-3-9-20-38/h1-29,45-46H,30-31H2. The Balaban J connectivity index is 1.14. The average molecular weight is 606 g/mol. The third kappa shape index (κ3) is 5.93. The van der Waals surface area contributed by atoms with Gasteiger partial charge in [-0.05, 0) is 70.3 Å². The van der Waals surface area contributed by atoms with Crippen molar-refractivity contribution in [3.05, 3.63) is 187 Å². The van der Waals surface area contributed by atoms with Crippen LogP contribution in [0.1, 0.15) is 11.1 Å². The van der Waals surface area contributed by atoms with E-state index in [9.17, 15) is 0 Å². The predicted octanol–water partition coefficient (Wildman–Crippen LogP) is 11.2. The number of hydrogen-bond acceptors (Lipinski definition) is 2. The minimum atomic E-state index is 0.835. The van der Waals surface area contributed by atoms with Gasteiger partial charge in [-0.3, -0.25) is 0 Å². The van der Waals surface area contributed by atoms with Gasteiger partial charge in [0.15, 0.2) is 0 Å². The average Bonchev–Trinajstić information content (AvgIpc) is 3.46. The third-order valence-electron chi connectivity index (χ3n) is 8.84. The second kappa shape index (κ2) is 12.8. The van der Waals surface area contributed by atoms with Crippen molar-refractivity contribution < 1.29 is 0 Å². The molecule has 0 aliphatic carbocycles. The zero-order valence-corrected chi connectivity index (χ0v) is 26.1. The van der Waals surface area contributed by atoms with Gasteiger partial charge in [0.1, 0.15) is 0 Å². The quantitative estimate of drug-likeness (QED) is 0.171. The lowest BCUT2D eigenvalue weighted by molar-refractivity contribution is 0.693. The Labute approximate surface area is 275 Å². The highest BCUT2D eigenvalue weighted by molar-refractivity contribution is 6.12. The number of nitrogens with one attached hydrogen (secondary N) is 2. The van der Waals surface area contributed by atoms with E-state index in [1.54, 1.807) is 0 Å². The molecule has 0 saturated carbocycles. The molecule has 0 unspecified atom stereocenters. The van der Waals surface area contributed by atoms with E-state index in [1.807, 2.05) is 0 Å². The Morgan fingerprint density at radius 1 is 0.426 bits per heavy atom. The number of fused-ring (bicyclic) bond motifs is 3. The number of aromatic nitrogens is 1. The molecular weight excluding hydrogens is 571 g/mol. The molecule has 0 aliphatic rings. The number of anilines is 2. The van der Waals surface area contributed by atoms with E-state index < -0.39 is 0 Å². The predicted molar refractivity (Wildman–Crippen MR) is 198 cm³/mol. The fraction of sp³-hybridized carbons (Fsp3) is 0.0455. The van der Waals surface area contributed by atoms with Crippen LogP contribution in [0.15, 0.2) is 176 Å². The van der Waals surface area contributed by atoms with Crippen LogP contribution in [0.2, 0.25) is 0 Å². The summed E-state index contributed by atoms with van der Waals surface area (Å²) in [5, 5.41) is 9.87. The molecule has 0 amide bonds. The summed E-state index contributed by atoms with van der Waals surface area (Å²) in [5.41, 5.74) is 12.9. The van der Waals surface area contributed by atoms with Crippen molar-refractivity contribution in [1.29, 1.82) is 0 Å². The van der Waals surface area contributed by atoms with Crippen molar-refractivity contribution in [2.24, 2.45) is 0 Å². The summed E-state index contributed by atoms with van der Waals surface area (Å²) < 4.78 is 2.37. The van der Waals surface area contributed by atoms with Crippen LogP contribution in [0.4, 0.5) is 11.4 Å². The van der Waals surface area contributed by atoms with Gasteiger partial charge in [-0.2, -0.15) is 0 Å². The van der Waals surface area contributed by atoms with Crippen molar-refractivity contribution in [1.82, 2.24) is 9.88 Å². The largest absolute Gasteiger partial charge is 0.355 e. The molecule has 3 nitrogen and oxygen atoms in total. The Bertz CT molecular complexity index is 2270. The highest BCUT2D eigenvalue weighted by Gasteiger charge is 2.16. The second-order valence-electron chi connectivity index (χ2n) is 12.0. The zero-order valence-electron chi connectivity index (χ0n) is 26.1. The molecule has 0 spiro atoms. The van der Waals surface area contributed by atoms with E-state index >= 15 is 0 Å². The first kappa shape index (κ1) is 28.6. The molecular formula is C44H35N3. The van der Waals surface area contributed by atoms with Crippen LogP contribution < -0.4 is 10.6 Å². The molecule has 1 aromatic heterocycles. The van der Waals surface area contributed by atoms with Gasteiger partial charge in [-0.1, -0.05) is 133 Å². The van der Waals surface area contributed by atoms with E-state index in [2.05, 4.69) is 191 Å². The maximum atomic E-state index is 3.83. The Morgan fingerprint density at radius 2 is 1.06 bits per heavy atom. The van der Waals surface area contributed by atoms with Crippen LogP contribution >= 0.6 is 0 Å². The number of nitrogens with zero attached hydrogens (tertiary/aromatic N) is 1. The SMILES string of the molecule is c1ccc(CNCc2ccc(-c3cccc(Nc4cc5c(cc4-c4ccccc4)c4ccccc4n5-c4ccccc4)c3)cc2)cc1. The van der Waals surface area contributed by atoms with Gasteiger partial charge < -0.3 is 15.2 Å². The van der Waals surface area contributed by atoms with Gasteiger partial charge in [0.2, 0.25) is 0 Å². The van der Waals surface area contributed by atoms with Crippen molar-refractivity contribution in [3.8, 4) is 27.9 Å². The molecule has 0 saturated heterocycles. The van der Waals surface area contributed by atoms with E-state index in [-0.39, 0.29) is 0 Å². The summed E-state index contributed by atoms with van der Waals surface area (Å²) >= 11 is 0. The lowest BCUT2D eigenvalue weighted by Gasteiger charge is -2.16. The van der Waals surface area contributed by atoms with Crippen molar-refractivity contribution in [2.75, 3.05) is 5.32 Å². The summed E-state index contributed by atoms with van der Waals surface area (Å²) in [5.74, 6) is 0. The first-order valence-electron chi connectivity index (χ1n) is 16.2. The fourth-order valence-electron chi connectivity index (χ4n) is 6.52. The minimum absolute atomic E-state index is 0.835. The van der Waals surface area contributed by atoms with Crippen molar-refractivity contribution >= 4 is 33.2 Å². The molecule has 1 heterocycles. The number of benzene rings is 7. The molecule has 7 aromatic carbocycles. The van der Waals surface area contributed by atoms with Crippen LogP contribution in [0.25, 0.3) is 49.7 Å². The summed E-state index contributed by atoms with van der Waals surface area (Å²) in [4.78, 5) is 0. The van der Waals surface area contributed by atoms with Crippen molar-refractivity contribution in [3.63, 3.8) is 0 Å². The minimum Gasteiger partial charge on any atom is -0.355 e. The summed E-state index contributed by atoms with van der Waals surface area (Å²) in [7, 11) is 0. The smallest absolute Gasteiger partial charge is 0.0562 e. The monoisotopic (exact) mass is 605 g/mol. The van der Waals surface area contributed by atoms with Gasteiger partial charge in [0.05, 0.1) is 11.0 Å². The number of rotatable bonds is 9. The van der Waals surface area contributed by atoms with E-state index in [1.165, 1.54) is 55.2 Å². The zero-order chi connectivity index (χ0) is 31.4. The molecule has 8 aromatic rings.